The summed E-state index contributed by atoms with van der Waals surface area (Å²) in [6.07, 6.45) is 2.95. The van der Waals surface area contributed by atoms with Crippen molar-refractivity contribution in [3.8, 4) is 0 Å². The predicted octanol–water partition coefficient (Wildman–Crippen LogP) is -1.42. The first kappa shape index (κ1) is 12.3. The highest BCUT2D eigenvalue weighted by atomic mass is 16.3. The molecule has 17 heavy (non-hydrogen) atoms. The van der Waals surface area contributed by atoms with Gasteiger partial charge in [0, 0.05) is 12.1 Å². The summed E-state index contributed by atoms with van der Waals surface area (Å²) in [6, 6.07) is 0.289. The van der Waals surface area contributed by atoms with Gasteiger partial charge in [-0.15, -0.1) is 0 Å². The van der Waals surface area contributed by atoms with Crippen LogP contribution in [0.1, 0.15) is 25.7 Å². The number of carbonyl (C=O) groups is 2. The van der Waals surface area contributed by atoms with Crippen molar-refractivity contribution in [2.75, 3.05) is 13.1 Å². The standard InChI is InChI=1S/C11H19N3O3/c12-5-10(16)13-6-11(17)14-7-1-2-8(14)4-9(15)3-7/h7-9,15H,1-6,12H2,(H,13,16). The van der Waals surface area contributed by atoms with Crippen molar-refractivity contribution < 1.29 is 14.7 Å². The molecule has 0 aromatic heterocycles. The molecule has 6 nitrogen and oxygen atoms in total. The fraction of sp³-hybridized carbons (Fsp3) is 0.818. The number of aliphatic hydroxyl groups excluding tert-OH is 1. The monoisotopic (exact) mass is 241 g/mol. The fourth-order valence-electron chi connectivity index (χ4n) is 2.89. The number of aliphatic hydroxyl groups is 1. The Labute approximate surface area is 100 Å². The van der Waals surface area contributed by atoms with Gasteiger partial charge in [-0.25, -0.2) is 0 Å². The van der Waals surface area contributed by atoms with Crippen LogP contribution >= 0.6 is 0 Å². The van der Waals surface area contributed by atoms with Gasteiger partial charge in [0.15, 0.2) is 0 Å². The van der Waals surface area contributed by atoms with Crippen LogP contribution in [0.4, 0.5) is 0 Å². The lowest BCUT2D eigenvalue weighted by Crippen LogP contribution is -2.51. The van der Waals surface area contributed by atoms with E-state index < -0.39 is 0 Å². The number of nitrogens with two attached hydrogens (primary N) is 1. The van der Waals surface area contributed by atoms with E-state index in [9.17, 15) is 14.7 Å². The van der Waals surface area contributed by atoms with Gasteiger partial charge in [-0.3, -0.25) is 9.59 Å². The summed E-state index contributed by atoms with van der Waals surface area (Å²) in [5, 5.41) is 12.1. The van der Waals surface area contributed by atoms with Crippen LogP contribution in [-0.4, -0.2) is 53.1 Å². The van der Waals surface area contributed by atoms with E-state index in [1.807, 2.05) is 4.90 Å². The molecule has 2 aliphatic heterocycles. The van der Waals surface area contributed by atoms with Crippen molar-refractivity contribution in [2.24, 2.45) is 5.73 Å². The quantitative estimate of drug-likeness (QED) is 0.565. The predicted molar refractivity (Wildman–Crippen MR) is 61.0 cm³/mol. The lowest BCUT2D eigenvalue weighted by atomic mass is 10.00. The van der Waals surface area contributed by atoms with Crippen LogP contribution in [0.5, 0.6) is 0 Å². The Balaban J connectivity index is 1.90. The number of rotatable bonds is 3. The molecule has 0 aromatic rings. The number of nitrogens with one attached hydrogen (secondary N) is 1. The zero-order chi connectivity index (χ0) is 12.4. The van der Waals surface area contributed by atoms with E-state index in [0.717, 1.165) is 12.8 Å². The minimum absolute atomic E-state index is 0.0130. The first-order valence-corrected chi connectivity index (χ1v) is 6.07. The number of amides is 2. The maximum Gasteiger partial charge on any atom is 0.242 e. The third-order valence-electron chi connectivity index (χ3n) is 3.62. The van der Waals surface area contributed by atoms with Crippen LogP contribution in [-0.2, 0) is 9.59 Å². The smallest absolute Gasteiger partial charge is 0.242 e. The van der Waals surface area contributed by atoms with E-state index in [2.05, 4.69) is 5.32 Å². The first-order chi connectivity index (χ1) is 8.11. The van der Waals surface area contributed by atoms with Crippen LogP contribution in [0, 0.1) is 0 Å². The summed E-state index contributed by atoms with van der Waals surface area (Å²) in [5.41, 5.74) is 5.15. The third-order valence-corrected chi connectivity index (χ3v) is 3.62. The van der Waals surface area contributed by atoms with E-state index in [1.54, 1.807) is 0 Å². The van der Waals surface area contributed by atoms with Gasteiger partial charge >= 0.3 is 0 Å². The second-order valence-corrected chi connectivity index (χ2v) is 4.79. The van der Waals surface area contributed by atoms with Crippen LogP contribution in [0.3, 0.4) is 0 Å². The molecule has 0 saturated carbocycles. The summed E-state index contributed by atoms with van der Waals surface area (Å²) >= 11 is 0. The lowest BCUT2D eigenvalue weighted by Gasteiger charge is -2.37. The Kier molecular flexibility index (Phi) is 3.63. The highest BCUT2D eigenvalue weighted by Crippen LogP contribution is 2.35. The minimum Gasteiger partial charge on any atom is -0.393 e. The Morgan fingerprint density at radius 1 is 1.29 bits per heavy atom. The molecule has 2 rings (SSSR count). The summed E-state index contributed by atoms with van der Waals surface area (Å²) < 4.78 is 0. The fourth-order valence-corrected chi connectivity index (χ4v) is 2.89. The van der Waals surface area contributed by atoms with Crippen molar-refractivity contribution in [2.45, 2.75) is 43.9 Å². The van der Waals surface area contributed by atoms with Crippen LogP contribution in [0.2, 0.25) is 0 Å². The van der Waals surface area contributed by atoms with Crippen LogP contribution in [0.25, 0.3) is 0 Å². The maximum absolute atomic E-state index is 12.0. The molecular formula is C11H19N3O3. The summed E-state index contributed by atoms with van der Waals surface area (Å²) in [6.45, 7) is -0.0853. The van der Waals surface area contributed by atoms with Gasteiger partial charge in [-0.2, -0.15) is 0 Å². The highest BCUT2D eigenvalue weighted by Gasteiger charge is 2.42. The molecule has 2 amide bonds. The van der Waals surface area contributed by atoms with E-state index in [4.69, 9.17) is 5.73 Å². The van der Waals surface area contributed by atoms with Crippen LogP contribution in [0.15, 0.2) is 0 Å². The molecule has 0 aromatic carbocycles. The van der Waals surface area contributed by atoms with E-state index in [0.29, 0.717) is 12.8 Å². The number of hydrogen-bond donors (Lipinski definition) is 3. The average Bonchev–Trinajstić information content (AvgIpc) is 2.58. The molecule has 2 aliphatic rings. The first-order valence-electron chi connectivity index (χ1n) is 6.07. The minimum atomic E-state index is -0.317. The van der Waals surface area contributed by atoms with Crippen molar-refractivity contribution in [1.82, 2.24) is 10.2 Å². The topological polar surface area (TPSA) is 95.7 Å². The summed E-state index contributed by atoms with van der Waals surface area (Å²) in [7, 11) is 0. The number of nitrogens with zero attached hydrogens (tertiary/aromatic N) is 1. The van der Waals surface area contributed by atoms with Crippen molar-refractivity contribution in [3.05, 3.63) is 0 Å². The largest absolute Gasteiger partial charge is 0.393 e. The molecule has 0 spiro atoms. The van der Waals surface area contributed by atoms with Crippen molar-refractivity contribution >= 4 is 11.8 Å². The van der Waals surface area contributed by atoms with Crippen molar-refractivity contribution in [1.29, 1.82) is 0 Å². The van der Waals surface area contributed by atoms with Gasteiger partial charge in [-0.05, 0) is 25.7 Å². The molecule has 2 heterocycles. The number of carbonyl (C=O) groups excluding carboxylic acids is 2. The number of fused-ring (bicyclic) bond motifs is 2. The van der Waals surface area contributed by atoms with Crippen molar-refractivity contribution in [3.63, 3.8) is 0 Å². The Bertz CT molecular complexity index is 307. The molecule has 6 heteroatoms. The van der Waals surface area contributed by atoms with Gasteiger partial charge in [0.2, 0.25) is 11.8 Å². The van der Waals surface area contributed by atoms with Gasteiger partial charge in [-0.1, -0.05) is 0 Å². The van der Waals surface area contributed by atoms with E-state index in [1.165, 1.54) is 0 Å². The van der Waals surface area contributed by atoms with Crippen LogP contribution < -0.4 is 11.1 Å². The molecule has 2 atom stereocenters. The Morgan fingerprint density at radius 2 is 1.88 bits per heavy atom. The molecule has 96 valence electrons. The molecule has 2 saturated heterocycles. The molecular weight excluding hydrogens is 222 g/mol. The molecule has 0 aliphatic carbocycles. The Hall–Kier alpha value is -1.14. The molecule has 2 fully saturated rings. The highest BCUT2D eigenvalue weighted by molar-refractivity contribution is 5.86. The number of hydrogen-bond acceptors (Lipinski definition) is 4. The molecule has 0 radical (unpaired) electrons. The number of piperidine rings is 1. The van der Waals surface area contributed by atoms with E-state index in [-0.39, 0.29) is 43.1 Å². The van der Waals surface area contributed by atoms with E-state index >= 15 is 0 Å². The lowest BCUT2D eigenvalue weighted by molar-refractivity contribution is -0.138. The van der Waals surface area contributed by atoms with Gasteiger partial charge in [0.05, 0.1) is 19.2 Å². The third kappa shape index (κ3) is 2.58. The zero-order valence-electron chi connectivity index (χ0n) is 9.76. The maximum atomic E-state index is 12.0. The SMILES string of the molecule is NCC(=O)NCC(=O)N1C2CCC1CC(O)C2. The summed E-state index contributed by atoms with van der Waals surface area (Å²) in [4.78, 5) is 24.8. The Morgan fingerprint density at radius 3 is 2.41 bits per heavy atom. The van der Waals surface area contributed by atoms with Gasteiger partial charge in [0.1, 0.15) is 0 Å². The zero-order valence-corrected chi connectivity index (χ0v) is 9.76. The molecule has 2 bridgehead atoms. The second kappa shape index (κ2) is 5.01. The normalized spacial score (nSPS) is 31.4. The summed E-state index contributed by atoms with van der Waals surface area (Å²) in [5.74, 6) is -0.381. The van der Waals surface area contributed by atoms with Gasteiger partial charge < -0.3 is 21.1 Å². The molecule has 2 unspecified atom stereocenters. The van der Waals surface area contributed by atoms with Gasteiger partial charge in [0.25, 0.3) is 0 Å². The second-order valence-electron chi connectivity index (χ2n) is 4.79. The molecule has 4 N–H and O–H groups in total. The average molecular weight is 241 g/mol.